The zero-order valence-electron chi connectivity index (χ0n) is 18.1. The second-order valence-corrected chi connectivity index (χ2v) is 98.9. The third-order valence-corrected chi connectivity index (χ3v) is 112. The van der Waals surface area contributed by atoms with E-state index in [-0.39, 0.29) is 0 Å². The van der Waals surface area contributed by atoms with E-state index in [1.165, 1.54) is 39.0 Å². The molecule has 3 aromatic carbocycles. The molecule has 2 unspecified atom stereocenters. The molecule has 0 saturated carbocycles. The predicted molar refractivity (Wildman–Crippen MR) is 143 cm³/mol. The Bertz CT molecular complexity index is 1230. The number of allylic oxidation sites excluding steroid dienone is 2. The van der Waals surface area contributed by atoms with E-state index in [0.29, 0.717) is 7.35 Å². The quantitative estimate of drug-likeness (QED) is 0.237. The van der Waals surface area contributed by atoms with Crippen LogP contribution in [0.25, 0.3) is 23.3 Å². The van der Waals surface area contributed by atoms with Crippen LogP contribution in [-0.2, 0) is 13.0 Å². The van der Waals surface area contributed by atoms with Crippen molar-refractivity contribution in [1.29, 1.82) is 0 Å². The van der Waals surface area contributed by atoms with E-state index in [2.05, 4.69) is 136 Å². The molecule has 0 aliphatic heterocycles. The Kier molecular flexibility index (Phi) is 5.61. The van der Waals surface area contributed by atoms with Crippen LogP contribution >= 0.6 is 24.6 Å². The Morgan fingerprint density at radius 3 is 2.23 bits per heavy atom. The summed E-state index contributed by atoms with van der Waals surface area (Å²) >= 11 is 5.49. The van der Waals surface area contributed by atoms with Gasteiger partial charge in [0, 0.05) is 0 Å². The molecule has 2 aliphatic carbocycles. The van der Waals surface area contributed by atoms with Gasteiger partial charge in [-0.1, -0.05) is 0 Å². The number of hydrogen-bond donors (Lipinski definition) is 0. The number of halogens is 2. The summed E-state index contributed by atoms with van der Waals surface area (Å²) in [5, 5.41) is 0. The van der Waals surface area contributed by atoms with Crippen molar-refractivity contribution in [2.75, 3.05) is 0 Å². The molecule has 157 valence electrons. The average molecular weight is 718 g/mol. The summed E-state index contributed by atoms with van der Waals surface area (Å²) in [5.41, 5.74) is 10.0. The standard InChI is InChI=1S/C15H11.C10H9.C2H7Si.2BrH.Hf/c1-2-6-12(7-3-1)14-10-4-8-13-9-5-11-15(13)14;1-8-6-9-4-2-3-5-10(9)7-8;1-3-2;;;/h1-11H;2-7H,1H3;3H,1-2H3;2*1H;/q;;;;;+2/p-2. The Morgan fingerprint density at radius 1 is 0.806 bits per heavy atom. The maximum atomic E-state index is 4.67. The molecule has 0 amide bonds. The molecule has 0 bridgehead atoms. The van der Waals surface area contributed by atoms with Crippen molar-refractivity contribution >= 4 is 42.7 Å². The Hall–Kier alpha value is -0.813. The van der Waals surface area contributed by atoms with Crippen LogP contribution in [0.5, 0.6) is 0 Å². The summed E-state index contributed by atoms with van der Waals surface area (Å²) in [7, 11) is 0. The fraction of sp³-hybridized carbons (Fsp3) is 0.185. The van der Waals surface area contributed by atoms with Gasteiger partial charge in [-0.25, -0.2) is 0 Å². The molecule has 0 spiro atoms. The van der Waals surface area contributed by atoms with Crippen LogP contribution in [0.2, 0.25) is 13.1 Å². The normalized spacial score (nSPS) is 20.8. The molecule has 0 aromatic heterocycles. The minimum atomic E-state index is -3.86. The Labute approximate surface area is 199 Å². The minimum absolute atomic E-state index is 0.460. The molecule has 4 heteroatoms. The first-order valence-corrected chi connectivity index (χ1v) is 40.0. The van der Waals surface area contributed by atoms with Gasteiger partial charge in [0.1, 0.15) is 0 Å². The van der Waals surface area contributed by atoms with Gasteiger partial charge in [-0.05, 0) is 0 Å². The first-order chi connectivity index (χ1) is 14.8. The average Bonchev–Trinajstić information content (AvgIpc) is 3.35. The molecule has 2 atom stereocenters. The van der Waals surface area contributed by atoms with E-state index in [4.69, 9.17) is 0 Å². The van der Waals surface area contributed by atoms with E-state index in [0.717, 1.165) is 0 Å². The first kappa shape index (κ1) is 22.0. The van der Waals surface area contributed by atoms with Crippen LogP contribution in [0.3, 0.4) is 0 Å². The van der Waals surface area contributed by atoms with Crippen LogP contribution in [0, 0.1) is 0 Å². The summed E-state index contributed by atoms with van der Waals surface area (Å²) in [4.78, 5) is 0. The molecule has 3 aromatic rings. The third kappa shape index (κ3) is 3.27. The third-order valence-electron chi connectivity index (χ3n) is 7.41. The van der Waals surface area contributed by atoms with Gasteiger partial charge < -0.3 is 0 Å². The van der Waals surface area contributed by atoms with Crippen LogP contribution < -0.4 is 0 Å². The zero-order valence-corrected chi connectivity index (χ0v) is 26.1. The monoisotopic (exact) mass is 717 g/mol. The fourth-order valence-corrected chi connectivity index (χ4v) is 57.1. The van der Waals surface area contributed by atoms with Crippen LogP contribution in [-0.4, -0.2) is 5.98 Å². The van der Waals surface area contributed by atoms with E-state index >= 15 is 0 Å². The van der Waals surface area contributed by atoms with Gasteiger partial charge in [0.15, 0.2) is 0 Å². The fourth-order valence-electron chi connectivity index (χ4n) is 5.77. The van der Waals surface area contributed by atoms with E-state index in [1.807, 2.05) is 0 Å². The van der Waals surface area contributed by atoms with E-state index in [9.17, 15) is 0 Å². The molecular weight excluding hydrogens is 691 g/mol. The van der Waals surface area contributed by atoms with Crippen LogP contribution in [0.1, 0.15) is 36.5 Å². The van der Waals surface area contributed by atoms with Crippen molar-refractivity contribution in [2.45, 2.75) is 27.4 Å². The predicted octanol–water partition coefficient (Wildman–Crippen LogP) is 8.87. The summed E-state index contributed by atoms with van der Waals surface area (Å²) in [6, 6.07) is 26.7. The molecule has 5 rings (SSSR count). The number of rotatable bonds is 4. The number of hydrogen-bond acceptors (Lipinski definition) is 0. The zero-order chi connectivity index (χ0) is 21.8. The van der Waals surface area contributed by atoms with Crippen molar-refractivity contribution in [2.24, 2.45) is 0 Å². The van der Waals surface area contributed by atoms with Crippen molar-refractivity contribution in [3.63, 3.8) is 0 Å². The molecule has 2 aliphatic rings. The SMILES string of the molecule is CC1=Cc2ccccc2[CH]1[Hf]([Br])([Br])([CH]1C=Cc2c(-c3ccccc3)cccc21)[SiH](C)C. The second-order valence-electron chi connectivity index (χ2n) is 9.34. The summed E-state index contributed by atoms with van der Waals surface area (Å²) in [6.07, 6.45) is 7.35. The van der Waals surface area contributed by atoms with Gasteiger partial charge in [0.05, 0.1) is 0 Å². The van der Waals surface area contributed by atoms with Gasteiger partial charge in [-0.15, -0.1) is 0 Å². The number of fused-ring (bicyclic) bond motifs is 2. The van der Waals surface area contributed by atoms with Gasteiger partial charge >= 0.3 is 201 Å². The molecular formula is C27H27Br2HfSi. The van der Waals surface area contributed by atoms with Crippen LogP contribution in [0.4, 0.5) is 0 Å². The van der Waals surface area contributed by atoms with Crippen molar-refractivity contribution in [3.8, 4) is 11.1 Å². The van der Waals surface area contributed by atoms with E-state index < -0.39 is 19.0 Å². The first-order valence-electron chi connectivity index (χ1n) is 11.0. The molecule has 0 saturated heterocycles. The van der Waals surface area contributed by atoms with Gasteiger partial charge in [0.2, 0.25) is 0 Å². The molecule has 0 nitrogen and oxygen atoms in total. The van der Waals surface area contributed by atoms with Crippen molar-refractivity contribution < 1.29 is 13.0 Å². The number of benzene rings is 3. The second kappa shape index (κ2) is 7.90. The van der Waals surface area contributed by atoms with Crippen LogP contribution in [0.15, 0.2) is 84.4 Å². The molecule has 0 fully saturated rings. The Morgan fingerprint density at radius 2 is 1.48 bits per heavy atom. The molecule has 0 N–H and O–H groups in total. The summed E-state index contributed by atoms with van der Waals surface area (Å²) < 4.78 is 0.961. The van der Waals surface area contributed by atoms with Crippen molar-refractivity contribution in [1.82, 2.24) is 0 Å². The van der Waals surface area contributed by atoms with E-state index in [1.54, 1.807) is 0 Å². The van der Waals surface area contributed by atoms with Gasteiger partial charge in [-0.2, -0.15) is 0 Å². The van der Waals surface area contributed by atoms with Crippen molar-refractivity contribution in [3.05, 3.63) is 107 Å². The van der Waals surface area contributed by atoms with Gasteiger partial charge in [-0.3, -0.25) is 0 Å². The maximum absolute atomic E-state index is 4.67. The molecule has 31 heavy (non-hydrogen) atoms. The summed E-state index contributed by atoms with van der Waals surface area (Å²) in [6.45, 7) is 7.46. The topological polar surface area (TPSA) is 0 Å². The molecule has 0 heterocycles. The molecule has 0 radical (unpaired) electrons. The van der Waals surface area contributed by atoms with Gasteiger partial charge in [0.25, 0.3) is 0 Å². The Balaban J connectivity index is 1.70. The summed E-state index contributed by atoms with van der Waals surface area (Å²) in [5.74, 6) is -1.11.